The van der Waals surface area contributed by atoms with Gasteiger partial charge in [0, 0.05) is 26.7 Å². The maximum Gasteiger partial charge on any atom is 0.332 e. The molecule has 0 radical (unpaired) electrons. The van der Waals surface area contributed by atoms with E-state index in [9.17, 15) is 14.7 Å². The highest BCUT2D eigenvalue weighted by molar-refractivity contribution is 5.69. The largest absolute Gasteiger partial charge is 0.387 e. The number of nitrogens with one attached hydrogen (secondary N) is 1. The number of hydrogen-bond donors (Lipinski definition) is 2. The second-order valence-electron chi connectivity index (χ2n) is 7.47. The minimum atomic E-state index is -0.531. The SMILES string of the molecule is CC(NCCCCCn1cnc2c1c(=O)n(C)c(=O)n2C)C(O)c1ccccc1. The first-order chi connectivity index (χ1) is 13.9. The van der Waals surface area contributed by atoms with Crippen LogP contribution in [0.25, 0.3) is 11.2 Å². The van der Waals surface area contributed by atoms with E-state index in [2.05, 4.69) is 10.3 Å². The first-order valence-corrected chi connectivity index (χ1v) is 9.99. The molecule has 2 N–H and O–H groups in total. The third-order valence-electron chi connectivity index (χ3n) is 5.37. The van der Waals surface area contributed by atoms with Crippen LogP contribution in [0.3, 0.4) is 0 Å². The predicted molar refractivity (Wildman–Crippen MR) is 113 cm³/mol. The predicted octanol–water partition coefficient (Wildman–Crippen LogP) is 1.32. The van der Waals surface area contributed by atoms with Crippen LogP contribution in [-0.2, 0) is 20.6 Å². The van der Waals surface area contributed by atoms with Gasteiger partial charge in [-0.3, -0.25) is 13.9 Å². The number of imidazole rings is 1. The van der Waals surface area contributed by atoms with Crippen molar-refractivity contribution in [1.29, 1.82) is 0 Å². The van der Waals surface area contributed by atoms with Crippen LogP contribution in [0.1, 0.15) is 37.9 Å². The molecule has 2 aromatic heterocycles. The molecular weight excluding hydrogens is 370 g/mol. The summed E-state index contributed by atoms with van der Waals surface area (Å²) >= 11 is 0. The molecule has 0 fully saturated rings. The summed E-state index contributed by atoms with van der Waals surface area (Å²) in [6.07, 6.45) is 3.94. The molecule has 3 rings (SSSR count). The molecule has 0 bridgehead atoms. The first-order valence-electron chi connectivity index (χ1n) is 9.99. The first kappa shape index (κ1) is 21.0. The van der Waals surface area contributed by atoms with E-state index in [1.807, 2.05) is 41.8 Å². The lowest BCUT2D eigenvalue weighted by atomic mass is 10.0. The highest BCUT2D eigenvalue weighted by Crippen LogP contribution is 2.16. The number of rotatable bonds is 9. The van der Waals surface area contributed by atoms with Gasteiger partial charge in [0.25, 0.3) is 5.56 Å². The Hall–Kier alpha value is -2.71. The summed E-state index contributed by atoms with van der Waals surface area (Å²) in [5.41, 5.74) is 1.11. The molecule has 0 spiro atoms. The Bertz CT molecular complexity index is 1070. The second kappa shape index (κ2) is 9.19. The maximum atomic E-state index is 12.4. The van der Waals surface area contributed by atoms with E-state index in [-0.39, 0.29) is 17.3 Å². The zero-order valence-corrected chi connectivity index (χ0v) is 17.2. The Morgan fingerprint density at radius 1 is 1.07 bits per heavy atom. The van der Waals surface area contributed by atoms with Gasteiger partial charge in [0.15, 0.2) is 11.2 Å². The van der Waals surface area contributed by atoms with Crippen LogP contribution < -0.4 is 16.6 Å². The minimum absolute atomic E-state index is 0.0284. The van der Waals surface area contributed by atoms with Gasteiger partial charge in [0.05, 0.1) is 12.4 Å². The van der Waals surface area contributed by atoms with Crippen LogP contribution in [0.2, 0.25) is 0 Å². The third-order valence-corrected chi connectivity index (χ3v) is 5.37. The molecule has 29 heavy (non-hydrogen) atoms. The van der Waals surface area contributed by atoms with Gasteiger partial charge in [-0.15, -0.1) is 0 Å². The summed E-state index contributed by atoms with van der Waals surface area (Å²) in [4.78, 5) is 28.7. The van der Waals surface area contributed by atoms with Gasteiger partial charge in [-0.2, -0.15) is 0 Å². The maximum absolute atomic E-state index is 12.4. The van der Waals surface area contributed by atoms with E-state index in [1.165, 1.54) is 11.6 Å². The van der Waals surface area contributed by atoms with Crippen molar-refractivity contribution in [3.8, 4) is 0 Å². The van der Waals surface area contributed by atoms with E-state index in [0.29, 0.717) is 17.7 Å². The summed E-state index contributed by atoms with van der Waals surface area (Å²) in [6.45, 7) is 3.47. The van der Waals surface area contributed by atoms with E-state index < -0.39 is 6.10 Å². The van der Waals surface area contributed by atoms with Crippen LogP contribution in [0.15, 0.2) is 46.2 Å². The van der Waals surface area contributed by atoms with Crippen LogP contribution in [0.5, 0.6) is 0 Å². The number of aliphatic hydroxyl groups excluding tert-OH is 1. The summed E-state index contributed by atoms with van der Waals surface area (Å²) < 4.78 is 4.34. The van der Waals surface area contributed by atoms with Crippen LogP contribution in [0.4, 0.5) is 0 Å². The standard InChI is InChI=1S/C21H29N5O3/c1-15(18(27)16-10-6-4-7-11-16)22-12-8-5-9-13-26-14-23-19-17(26)20(28)25(3)21(29)24(19)2/h4,6-7,10-11,14-15,18,22,27H,5,8-9,12-13H2,1-3H3. The van der Waals surface area contributed by atoms with Gasteiger partial charge < -0.3 is 15.0 Å². The lowest BCUT2D eigenvalue weighted by Crippen LogP contribution is -2.37. The number of fused-ring (bicyclic) bond motifs is 1. The molecule has 0 aliphatic rings. The molecule has 8 nitrogen and oxygen atoms in total. The Morgan fingerprint density at radius 3 is 2.52 bits per heavy atom. The van der Waals surface area contributed by atoms with E-state index >= 15 is 0 Å². The average Bonchev–Trinajstić information content (AvgIpc) is 3.17. The molecule has 3 aromatic rings. The van der Waals surface area contributed by atoms with Crippen LogP contribution >= 0.6 is 0 Å². The van der Waals surface area contributed by atoms with Gasteiger partial charge >= 0.3 is 5.69 Å². The van der Waals surface area contributed by atoms with Gasteiger partial charge in [0.1, 0.15) is 0 Å². The monoisotopic (exact) mass is 399 g/mol. The quantitative estimate of drug-likeness (QED) is 0.529. The lowest BCUT2D eigenvalue weighted by Gasteiger charge is -2.20. The summed E-state index contributed by atoms with van der Waals surface area (Å²) in [7, 11) is 3.11. The molecule has 0 aliphatic carbocycles. The summed E-state index contributed by atoms with van der Waals surface area (Å²) in [6, 6.07) is 9.62. The second-order valence-corrected chi connectivity index (χ2v) is 7.47. The van der Waals surface area contributed by atoms with Crippen molar-refractivity contribution in [2.24, 2.45) is 14.1 Å². The molecule has 0 amide bonds. The Labute approximate surface area is 169 Å². The van der Waals surface area contributed by atoms with Crippen LogP contribution in [-0.4, -0.2) is 36.4 Å². The van der Waals surface area contributed by atoms with Crippen molar-refractivity contribution in [2.45, 2.75) is 44.9 Å². The van der Waals surface area contributed by atoms with E-state index in [1.54, 1.807) is 13.4 Å². The average molecular weight is 399 g/mol. The van der Waals surface area contributed by atoms with Crippen molar-refractivity contribution in [1.82, 2.24) is 24.0 Å². The highest BCUT2D eigenvalue weighted by Gasteiger charge is 2.15. The van der Waals surface area contributed by atoms with Crippen molar-refractivity contribution < 1.29 is 5.11 Å². The normalized spacial score (nSPS) is 13.7. The van der Waals surface area contributed by atoms with Gasteiger partial charge in [0.2, 0.25) is 0 Å². The molecule has 2 atom stereocenters. The van der Waals surface area contributed by atoms with Crippen molar-refractivity contribution >= 4 is 11.2 Å². The van der Waals surface area contributed by atoms with Crippen LogP contribution in [0, 0.1) is 0 Å². The number of aromatic nitrogens is 4. The fourth-order valence-corrected chi connectivity index (χ4v) is 3.53. The van der Waals surface area contributed by atoms with Gasteiger partial charge in [-0.1, -0.05) is 36.8 Å². The number of aliphatic hydroxyl groups is 1. The molecular formula is C21H29N5O3. The topological polar surface area (TPSA) is 94.1 Å². The lowest BCUT2D eigenvalue weighted by molar-refractivity contribution is 0.136. The Balaban J connectivity index is 1.48. The summed E-state index contributed by atoms with van der Waals surface area (Å²) in [5.74, 6) is 0. The highest BCUT2D eigenvalue weighted by atomic mass is 16.3. The number of benzene rings is 1. The van der Waals surface area contributed by atoms with Crippen molar-refractivity contribution in [3.63, 3.8) is 0 Å². The number of aryl methyl sites for hydroxylation is 2. The van der Waals surface area contributed by atoms with E-state index in [0.717, 1.165) is 35.9 Å². The molecule has 2 heterocycles. The third kappa shape index (κ3) is 4.49. The molecule has 0 aliphatic heterocycles. The zero-order chi connectivity index (χ0) is 21.0. The van der Waals surface area contributed by atoms with Crippen molar-refractivity contribution in [3.05, 3.63) is 63.1 Å². The fourth-order valence-electron chi connectivity index (χ4n) is 3.53. The molecule has 2 unspecified atom stereocenters. The smallest absolute Gasteiger partial charge is 0.332 e. The Morgan fingerprint density at radius 2 is 1.79 bits per heavy atom. The van der Waals surface area contributed by atoms with Gasteiger partial charge in [-0.25, -0.2) is 9.78 Å². The molecule has 0 saturated heterocycles. The number of hydrogen-bond acceptors (Lipinski definition) is 5. The van der Waals surface area contributed by atoms with Crippen molar-refractivity contribution in [2.75, 3.05) is 6.54 Å². The minimum Gasteiger partial charge on any atom is -0.387 e. The molecule has 156 valence electrons. The number of unbranched alkanes of at least 4 members (excludes halogenated alkanes) is 2. The van der Waals surface area contributed by atoms with E-state index in [4.69, 9.17) is 0 Å². The molecule has 1 aromatic carbocycles. The Kier molecular flexibility index (Phi) is 6.66. The number of nitrogens with zero attached hydrogens (tertiary/aromatic N) is 4. The molecule has 0 saturated carbocycles. The zero-order valence-electron chi connectivity index (χ0n) is 17.2. The van der Waals surface area contributed by atoms with Gasteiger partial charge in [-0.05, 0) is 31.9 Å². The fraction of sp³-hybridized carbons (Fsp3) is 0.476. The summed E-state index contributed by atoms with van der Waals surface area (Å²) in [5, 5.41) is 13.8. The molecule has 8 heteroatoms.